The summed E-state index contributed by atoms with van der Waals surface area (Å²) in [4.78, 5) is 30.4. The summed E-state index contributed by atoms with van der Waals surface area (Å²) in [5.74, 6) is -3.54. The highest BCUT2D eigenvalue weighted by Crippen LogP contribution is 2.32. The van der Waals surface area contributed by atoms with Gasteiger partial charge in [0.25, 0.3) is 5.91 Å². The van der Waals surface area contributed by atoms with Crippen molar-refractivity contribution in [2.24, 2.45) is 5.73 Å². The van der Waals surface area contributed by atoms with Crippen molar-refractivity contribution in [3.05, 3.63) is 70.7 Å². The van der Waals surface area contributed by atoms with Crippen LogP contribution in [0.5, 0.6) is 0 Å². The molecule has 0 saturated carbocycles. The van der Waals surface area contributed by atoms with Crippen LogP contribution in [0.3, 0.4) is 0 Å². The molecule has 0 aliphatic heterocycles. The number of carboxylic acid groups (broad SMARTS) is 1. The lowest BCUT2D eigenvalue weighted by Gasteiger charge is -2.12. The van der Waals surface area contributed by atoms with Crippen molar-refractivity contribution in [1.29, 1.82) is 0 Å². The Morgan fingerprint density at radius 2 is 1.55 bits per heavy atom. The number of hydrogen-bond donors (Lipinski definition) is 2. The zero-order chi connectivity index (χ0) is 21.3. The quantitative estimate of drug-likeness (QED) is 0.686. The lowest BCUT2D eigenvalue weighted by molar-refractivity contribution is -0.136. The van der Waals surface area contributed by atoms with E-state index in [0.717, 1.165) is 12.1 Å². The average molecular weight is 397 g/mol. The van der Waals surface area contributed by atoms with E-state index in [1.807, 2.05) is 0 Å². The van der Waals surface area contributed by atoms with Gasteiger partial charge in [-0.15, -0.1) is 0 Å². The molecule has 0 bridgehead atoms. The van der Waals surface area contributed by atoms with E-state index in [0.29, 0.717) is 11.1 Å². The molecule has 3 N–H and O–H groups in total. The van der Waals surface area contributed by atoms with Crippen LogP contribution >= 0.6 is 0 Å². The number of aromatic nitrogens is 2. The predicted octanol–water partition coefficient (Wildman–Crippen LogP) is 3.43. The SMILES string of the molecule is Cc1nc(C)c(-c2c(F)cc(-c3ccc(CC(=O)O)cc3)cc2F)nc1C(N)=O. The van der Waals surface area contributed by atoms with Crippen molar-refractivity contribution in [3.63, 3.8) is 0 Å². The topological polar surface area (TPSA) is 106 Å². The Bertz CT molecular complexity index is 1110. The first-order valence-electron chi connectivity index (χ1n) is 8.63. The molecule has 0 saturated heterocycles. The first-order valence-corrected chi connectivity index (χ1v) is 8.63. The Morgan fingerprint density at radius 3 is 2.07 bits per heavy atom. The van der Waals surface area contributed by atoms with Crippen LogP contribution in [0.25, 0.3) is 22.4 Å². The van der Waals surface area contributed by atoms with Gasteiger partial charge in [-0.05, 0) is 42.7 Å². The third kappa shape index (κ3) is 4.11. The van der Waals surface area contributed by atoms with Crippen molar-refractivity contribution >= 4 is 11.9 Å². The number of aliphatic carboxylic acids is 1. The summed E-state index contributed by atoms with van der Waals surface area (Å²) in [5, 5.41) is 8.82. The van der Waals surface area contributed by atoms with Crippen molar-refractivity contribution < 1.29 is 23.5 Å². The van der Waals surface area contributed by atoms with Crippen LogP contribution < -0.4 is 5.73 Å². The van der Waals surface area contributed by atoms with Crippen LogP contribution in [0.1, 0.15) is 27.4 Å². The molecule has 29 heavy (non-hydrogen) atoms. The number of rotatable bonds is 5. The molecule has 0 aliphatic carbocycles. The fourth-order valence-corrected chi connectivity index (χ4v) is 3.06. The molecule has 0 aliphatic rings. The highest BCUT2D eigenvalue weighted by Gasteiger charge is 2.21. The van der Waals surface area contributed by atoms with E-state index in [9.17, 15) is 18.4 Å². The molecule has 1 amide bonds. The molecule has 0 radical (unpaired) electrons. The van der Waals surface area contributed by atoms with Gasteiger partial charge in [0, 0.05) is 0 Å². The molecule has 0 atom stereocenters. The molecule has 6 nitrogen and oxygen atoms in total. The number of nitrogens with two attached hydrogens (primary N) is 1. The number of carbonyl (C=O) groups is 2. The summed E-state index contributed by atoms with van der Waals surface area (Å²) in [6, 6.07) is 8.65. The molecule has 0 spiro atoms. The lowest BCUT2D eigenvalue weighted by Crippen LogP contribution is -2.17. The molecule has 3 rings (SSSR count). The molecular weight excluding hydrogens is 380 g/mol. The van der Waals surface area contributed by atoms with E-state index >= 15 is 0 Å². The number of aryl methyl sites for hydroxylation is 2. The van der Waals surface area contributed by atoms with E-state index in [1.165, 1.54) is 13.8 Å². The average Bonchev–Trinajstić information content (AvgIpc) is 2.62. The van der Waals surface area contributed by atoms with Gasteiger partial charge in [0.1, 0.15) is 17.3 Å². The van der Waals surface area contributed by atoms with Crippen molar-refractivity contribution in [2.45, 2.75) is 20.3 Å². The maximum Gasteiger partial charge on any atom is 0.307 e. The van der Waals surface area contributed by atoms with E-state index < -0.39 is 29.1 Å². The molecule has 1 aromatic heterocycles. The van der Waals surface area contributed by atoms with Gasteiger partial charge in [0.15, 0.2) is 0 Å². The highest BCUT2D eigenvalue weighted by atomic mass is 19.1. The molecule has 0 unspecified atom stereocenters. The molecule has 3 aromatic rings. The first kappa shape index (κ1) is 20.1. The van der Waals surface area contributed by atoms with Crippen LogP contribution in [0, 0.1) is 25.5 Å². The third-order valence-corrected chi connectivity index (χ3v) is 4.40. The monoisotopic (exact) mass is 397 g/mol. The zero-order valence-electron chi connectivity index (χ0n) is 15.7. The van der Waals surface area contributed by atoms with Gasteiger partial charge in [0.05, 0.1) is 29.1 Å². The van der Waals surface area contributed by atoms with E-state index in [4.69, 9.17) is 10.8 Å². The van der Waals surface area contributed by atoms with Gasteiger partial charge in [-0.1, -0.05) is 24.3 Å². The lowest BCUT2D eigenvalue weighted by atomic mass is 9.99. The minimum Gasteiger partial charge on any atom is -0.481 e. The summed E-state index contributed by atoms with van der Waals surface area (Å²) in [5.41, 5.74) is 6.53. The fraction of sp³-hybridized carbons (Fsp3) is 0.143. The van der Waals surface area contributed by atoms with Gasteiger partial charge in [-0.3, -0.25) is 14.6 Å². The molecule has 8 heteroatoms. The zero-order valence-corrected chi connectivity index (χ0v) is 15.7. The van der Waals surface area contributed by atoms with Crippen LogP contribution in [0.2, 0.25) is 0 Å². The minimum atomic E-state index is -0.968. The fourth-order valence-electron chi connectivity index (χ4n) is 3.06. The van der Waals surface area contributed by atoms with Gasteiger partial charge in [0.2, 0.25) is 0 Å². The number of nitrogens with zero attached hydrogens (tertiary/aromatic N) is 2. The number of amides is 1. The van der Waals surface area contributed by atoms with Gasteiger partial charge in [-0.25, -0.2) is 13.8 Å². The largest absolute Gasteiger partial charge is 0.481 e. The minimum absolute atomic E-state index is 0.0947. The Hall–Kier alpha value is -3.68. The van der Waals surface area contributed by atoms with E-state index in [1.54, 1.807) is 24.3 Å². The van der Waals surface area contributed by atoms with Gasteiger partial charge >= 0.3 is 5.97 Å². The number of hydrogen-bond acceptors (Lipinski definition) is 4. The Balaban J connectivity index is 2.06. The molecule has 148 valence electrons. The van der Waals surface area contributed by atoms with Gasteiger partial charge in [-0.2, -0.15) is 0 Å². The smallest absolute Gasteiger partial charge is 0.307 e. The standard InChI is InChI=1S/C21H17F2N3O3/c1-10-19(26-20(21(24)29)11(2)25-10)18-15(22)8-14(9-16(18)23)13-5-3-12(4-6-13)7-17(27)28/h3-6,8-9H,7H2,1-2H3,(H2,24,29)(H,27,28). The third-order valence-electron chi connectivity index (χ3n) is 4.40. The number of carbonyl (C=O) groups excluding carboxylic acids is 1. The maximum atomic E-state index is 14.8. The molecular formula is C21H17F2N3O3. The maximum absolute atomic E-state index is 14.8. The second-order valence-corrected chi connectivity index (χ2v) is 6.54. The Morgan fingerprint density at radius 1 is 0.966 bits per heavy atom. The number of halogens is 2. The van der Waals surface area contributed by atoms with E-state index in [2.05, 4.69) is 9.97 Å². The molecule has 0 fully saturated rings. The first-order chi connectivity index (χ1) is 13.7. The second kappa shape index (κ2) is 7.75. The van der Waals surface area contributed by atoms with Crippen molar-refractivity contribution in [2.75, 3.05) is 0 Å². The van der Waals surface area contributed by atoms with Crippen molar-refractivity contribution in [1.82, 2.24) is 9.97 Å². The van der Waals surface area contributed by atoms with Crippen LogP contribution in [0.15, 0.2) is 36.4 Å². The highest BCUT2D eigenvalue weighted by molar-refractivity contribution is 5.92. The normalized spacial score (nSPS) is 10.8. The predicted molar refractivity (Wildman–Crippen MR) is 102 cm³/mol. The summed E-state index contributed by atoms with van der Waals surface area (Å²) in [6.45, 7) is 3.07. The van der Waals surface area contributed by atoms with Crippen LogP contribution in [-0.2, 0) is 11.2 Å². The Kier molecular flexibility index (Phi) is 5.36. The summed E-state index contributed by atoms with van der Waals surface area (Å²) >= 11 is 0. The van der Waals surface area contributed by atoms with Gasteiger partial charge < -0.3 is 10.8 Å². The summed E-state index contributed by atoms with van der Waals surface area (Å²) < 4.78 is 29.7. The summed E-state index contributed by atoms with van der Waals surface area (Å²) in [6.07, 6.45) is -0.143. The number of primary amides is 1. The Labute approximate surface area is 165 Å². The van der Waals surface area contributed by atoms with Crippen LogP contribution in [-0.4, -0.2) is 27.0 Å². The molecule has 2 aromatic carbocycles. The second-order valence-electron chi connectivity index (χ2n) is 6.54. The van der Waals surface area contributed by atoms with Crippen LogP contribution in [0.4, 0.5) is 8.78 Å². The molecule has 1 heterocycles. The number of benzene rings is 2. The summed E-state index contributed by atoms with van der Waals surface area (Å²) in [7, 11) is 0. The van der Waals surface area contributed by atoms with Crippen molar-refractivity contribution in [3.8, 4) is 22.4 Å². The number of carboxylic acids is 1. The van der Waals surface area contributed by atoms with E-state index in [-0.39, 0.29) is 34.8 Å².